The fourth-order valence-corrected chi connectivity index (χ4v) is 3.04. The maximum atomic E-state index is 12.8. The number of halogens is 1. The van der Waals surface area contributed by atoms with E-state index in [1.165, 1.54) is 0 Å². The zero-order valence-corrected chi connectivity index (χ0v) is 14.7. The lowest BCUT2D eigenvalue weighted by Gasteiger charge is -2.34. The number of hydrogen-bond donors (Lipinski definition) is 2. The fraction of sp³-hybridized carbons (Fsp3) is 0.500. The second-order valence-electron chi connectivity index (χ2n) is 5.82. The van der Waals surface area contributed by atoms with Gasteiger partial charge in [-0.2, -0.15) is 0 Å². The van der Waals surface area contributed by atoms with Crippen LogP contribution in [0.25, 0.3) is 0 Å². The molecule has 0 radical (unpaired) electrons. The first-order chi connectivity index (χ1) is 11.1. The SMILES string of the molecule is COc1ccc(C(=O)N2CCNCC2C)cc1N1CCNC1=O.Cl. The molecule has 0 bridgehead atoms. The van der Waals surface area contributed by atoms with Crippen molar-refractivity contribution < 1.29 is 14.3 Å². The normalized spacial score (nSPS) is 20.4. The summed E-state index contributed by atoms with van der Waals surface area (Å²) < 4.78 is 5.35. The van der Waals surface area contributed by atoms with Crippen molar-refractivity contribution in [3.63, 3.8) is 0 Å². The Labute approximate surface area is 147 Å². The molecule has 0 aliphatic carbocycles. The summed E-state index contributed by atoms with van der Waals surface area (Å²) in [4.78, 5) is 28.2. The molecule has 7 nitrogen and oxygen atoms in total. The minimum Gasteiger partial charge on any atom is -0.495 e. The first-order valence-electron chi connectivity index (χ1n) is 7.87. The molecular weight excluding hydrogens is 332 g/mol. The van der Waals surface area contributed by atoms with E-state index < -0.39 is 0 Å². The van der Waals surface area contributed by atoms with Crippen LogP contribution in [0.1, 0.15) is 17.3 Å². The number of benzene rings is 1. The van der Waals surface area contributed by atoms with E-state index >= 15 is 0 Å². The first-order valence-corrected chi connectivity index (χ1v) is 7.87. The number of piperazine rings is 1. The molecule has 2 aliphatic rings. The number of hydrogen-bond acceptors (Lipinski definition) is 4. The lowest BCUT2D eigenvalue weighted by atomic mass is 10.1. The van der Waals surface area contributed by atoms with Gasteiger partial charge in [-0.3, -0.25) is 9.69 Å². The molecule has 1 aromatic carbocycles. The van der Waals surface area contributed by atoms with Gasteiger partial charge in [0.1, 0.15) is 5.75 Å². The van der Waals surface area contributed by atoms with Gasteiger partial charge in [0.15, 0.2) is 0 Å². The van der Waals surface area contributed by atoms with Crippen LogP contribution in [0.5, 0.6) is 5.75 Å². The van der Waals surface area contributed by atoms with E-state index in [1.807, 2.05) is 11.8 Å². The van der Waals surface area contributed by atoms with Crippen LogP contribution in [0.2, 0.25) is 0 Å². The highest BCUT2D eigenvalue weighted by Crippen LogP contribution is 2.31. The highest BCUT2D eigenvalue weighted by atomic mass is 35.5. The molecular formula is C16H23ClN4O3. The average Bonchev–Trinajstić information content (AvgIpc) is 3.00. The van der Waals surface area contributed by atoms with E-state index in [4.69, 9.17) is 4.74 Å². The second kappa shape index (κ2) is 7.72. The minimum absolute atomic E-state index is 0. The van der Waals surface area contributed by atoms with Gasteiger partial charge in [-0.25, -0.2) is 4.79 Å². The van der Waals surface area contributed by atoms with Gasteiger partial charge in [0, 0.05) is 44.3 Å². The maximum absolute atomic E-state index is 12.8. The summed E-state index contributed by atoms with van der Waals surface area (Å²) in [7, 11) is 1.56. The van der Waals surface area contributed by atoms with Crippen LogP contribution >= 0.6 is 12.4 Å². The van der Waals surface area contributed by atoms with Crippen LogP contribution in [0, 0.1) is 0 Å². The minimum atomic E-state index is -0.163. The third-order valence-electron chi connectivity index (χ3n) is 4.34. The summed E-state index contributed by atoms with van der Waals surface area (Å²) >= 11 is 0. The summed E-state index contributed by atoms with van der Waals surface area (Å²) in [6.45, 7) is 5.47. The highest BCUT2D eigenvalue weighted by Gasteiger charge is 2.28. The highest BCUT2D eigenvalue weighted by molar-refractivity contribution is 6.00. The first kappa shape index (κ1) is 18.4. The standard InChI is InChI=1S/C16H22N4O3.ClH/c1-11-10-17-5-7-19(11)15(21)12-3-4-14(23-2)13(9-12)20-8-6-18-16(20)22;/h3-4,9,11,17H,5-8,10H2,1-2H3,(H,18,22);1H. The van der Waals surface area contributed by atoms with Gasteiger partial charge in [0.25, 0.3) is 5.91 Å². The summed E-state index contributed by atoms with van der Waals surface area (Å²) in [5, 5.41) is 6.04. The Bertz CT molecular complexity index is 625. The van der Waals surface area contributed by atoms with Crippen molar-refractivity contribution in [2.45, 2.75) is 13.0 Å². The number of nitrogens with zero attached hydrogens (tertiary/aromatic N) is 2. The molecule has 2 aliphatic heterocycles. The number of nitrogens with one attached hydrogen (secondary N) is 2. The molecule has 1 atom stereocenters. The number of rotatable bonds is 3. The van der Waals surface area contributed by atoms with E-state index in [9.17, 15) is 9.59 Å². The van der Waals surface area contributed by atoms with Crippen LogP contribution in [0.3, 0.4) is 0 Å². The molecule has 0 spiro atoms. The topological polar surface area (TPSA) is 73.9 Å². The third-order valence-corrected chi connectivity index (χ3v) is 4.34. The van der Waals surface area contributed by atoms with E-state index in [2.05, 4.69) is 10.6 Å². The molecule has 2 saturated heterocycles. The molecule has 1 aromatic rings. The van der Waals surface area contributed by atoms with E-state index in [1.54, 1.807) is 30.2 Å². The van der Waals surface area contributed by atoms with Gasteiger partial charge in [0.05, 0.1) is 12.8 Å². The van der Waals surface area contributed by atoms with Gasteiger partial charge in [0.2, 0.25) is 0 Å². The molecule has 0 aromatic heterocycles. The largest absolute Gasteiger partial charge is 0.495 e. The second-order valence-corrected chi connectivity index (χ2v) is 5.82. The van der Waals surface area contributed by atoms with Crippen molar-refractivity contribution in [1.29, 1.82) is 0 Å². The van der Waals surface area contributed by atoms with Crippen molar-refractivity contribution in [1.82, 2.24) is 15.5 Å². The Hall–Kier alpha value is -1.99. The number of methoxy groups -OCH3 is 1. The molecule has 0 saturated carbocycles. The molecule has 3 amide bonds. The lowest BCUT2D eigenvalue weighted by molar-refractivity contribution is 0.0655. The van der Waals surface area contributed by atoms with Gasteiger partial charge < -0.3 is 20.3 Å². The molecule has 2 fully saturated rings. The molecule has 8 heteroatoms. The van der Waals surface area contributed by atoms with E-state index in [-0.39, 0.29) is 30.4 Å². The van der Waals surface area contributed by atoms with Crippen LogP contribution in [-0.2, 0) is 0 Å². The smallest absolute Gasteiger partial charge is 0.322 e. The predicted molar refractivity (Wildman–Crippen MR) is 94.4 cm³/mol. The van der Waals surface area contributed by atoms with Gasteiger partial charge in [-0.05, 0) is 25.1 Å². The molecule has 24 heavy (non-hydrogen) atoms. The summed E-state index contributed by atoms with van der Waals surface area (Å²) in [6.07, 6.45) is 0. The number of ether oxygens (including phenoxy) is 1. The number of carbonyl (C=O) groups excluding carboxylic acids is 2. The van der Waals surface area contributed by atoms with E-state index in [0.29, 0.717) is 36.6 Å². The van der Waals surface area contributed by atoms with Crippen molar-refractivity contribution in [3.8, 4) is 5.75 Å². The molecule has 2 N–H and O–H groups in total. The quantitative estimate of drug-likeness (QED) is 0.852. The molecule has 132 valence electrons. The average molecular weight is 355 g/mol. The number of carbonyl (C=O) groups is 2. The summed E-state index contributed by atoms with van der Waals surface area (Å²) in [5.74, 6) is 0.578. The molecule has 3 rings (SSSR count). The van der Waals surface area contributed by atoms with Crippen LogP contribution in [0.15, 0.2) is 18.2 Å². The Morgan fingerprint density at radius 3 is 2.71 bits per heavy atom. The van der Waals surface area contributed by atoms with Crippen molar-refractivity contribution in [2.75, 3.05) is 44.7 Å². The van der Waals surface area contributed by atoms with Crippen LogP contribution < -0.4 is 20.3 Å². The number of anilines is 1. The third kappa shape index (κ3) is 3.42. The Morgan fingerprint density at radius 1 is 1.29 bits per heavy atom. The predicted octanol–water partition coefficient (Wildman–Crippen LogP) is 1.08. The van der Waals surface area contributed by atoms with Crippen LogP contribution in [0.4, 0.5) is 10.5 Å². The number of amides is 3. The molecule has 2 heterocycles. The van der Waals surface area contributed by atoms with Crippen molar-refractivity contribution in [2.24, 2.45) is 0 Å². The monoisotopic (exact) mass is 354 g/mol. The molecule has 1 unspecified atom stereocenters. The van der Waals surface area contributed by atoms with E-state index in [0.717, 1.165) is 13.1 Å². The van der Waals surface area contributed by atoms with Crippen LogP contribution in [-0.4, -0.2) is 62.7 Å². The maximum Gasteiger partial charge on any atom is 0.322 e. The Balaban J connectivity index is 0.00000208. The summed E-state index contributed by atoms with van der Waals surface area (Å²) in [5.41, 5.74) is 1.21. The zero-order chi connectivity index (χ0) is 16.4. The zero-order valence-electron chi connectivity index (χ0n) is 13.9. The van der Waals surface area contributed by atoms with Gasteiger partial charge in [-0.15, -0.1) is 12.4 Å². The van der Waals surface area contributed by atoms with Crippen molar-refractivity contribution >= 4 is 30.0 Å². The Morgan fingerprint density at radius 2 is 2.08 bits per heavy atom. The fourth-order valence-electron chi connectivity index (χ4n) is 3.04. The summed E-state index contributed by atoms with van der Waals surface area (Å²) in [6, 6.07) is 5.25. The number of urea groups is 1. The van der Waals surface area contributed by atoms with Gasteiger partial charge >= 0.3 is 6.03 Å². The van der Waals surface area contributed by atoms with Gasteiger partial charge in [-0.1, -0.05) is 0 Å². The lowest BCUT2D eigenvalue weighted by Crippen LogP contribution is -2.52. The Kier molecular flexibility index (Phi) is 5.90. The van der Waals surface area contributed by atoms with Crippen molar-refractivity contribution in [3.05, 3.63) is 23.8 Å².